The molecular formula is C27H25FN4O. The quantitative estimate of drug-likeness (QED) is 0.497. The molecule has 1 aliphatic rings. The van der Waals surface area contributed by atoms with Gasteiger partial charge in [0.2, 0.25) is 5.95 Å². The molecular weight excluding hydrogens is 415 g/mol. The number of benzene rings is 3. The fourth-order valence-electron chi connectivity index (χ4n) is 4.44. The van der Waals surface area contributed by atoms with Gasteiger partial charge in [0.15, 0.2) is 0 Å². The number of aromatic nitrogens is 2. The first kappa shape index (κ1) is 21.1. The summed E-state index contributed by atoms with van der Waals surface area (Å²) >= 11 is 0. The molecule has 0 saturated carbocycles. The SMILES string of the molecule is O=c1cc(-c2ccc(F)cc2)nc(N2CCN(C(c3ccccc3)c3ccccc3)CC2)[nH]1. The maximum absolute atomic E-state index is 13.3. The van der Waals surface area contributed by atoms with Gasteiger partial charge in [-0.15, -0.1) is 0 Å². The summed E-state index contributed by atoms with van der Waals surface area (Å²) in [7, 11) is 0. The molecule has 5 rings (SSSR count). The standard InChI is InChI=1S/C27H25FN4O/c28-23-13-11-20(12-14-23)24-19-25(33)30-27(29-24)32-17-15-31(16-18-32)26(21-7-3-1-4-8-21)22-9-5-2-6-10-22/h1-14,19,26H,15-18H2,(H,29,30,33). The monoisotopic (exact) mass is 440 g/mol. The Hall–Kier alpha value is -3.77. The van der Waals surface area contributed by atoms with E-state index in [1.54, 1.807) is 12.1 Å². The summed E-state index contributed by atoms with van der Waals surface area (Å²) in [5.74, 6) is 0.240. The minimum atomic E-state index is -0.314. The van der Waals surface area contributed by atoms with Crippen LogP contribution in [0.15, 0.2) is 95.8 Å². The normalized spacial score (nSPS) is 14.5. The Kier molecular flexibility index (Phi) is 6.00. The Morgan fingerprint density at radius 1 is 0.788 bits per heavy atom. The molecule has 4 aromatic rings. The first-order valence-electron chi connectivity index (χ1n) is 11.1. The number of hydrogen-bond acceptors (Lipinski definition) is 4. The molecule has 0 radical (unpaired) electrons. The number of aromatic amines is 1. The molecule has 166 valence electrons. The first-order chi connectivity index (χ1) is 16.2. The maximum atomic E-state index is 13.3. The van der Waals surface area contributed by atoms with Crippen molar-refractivity contribution in [3.8, 4) is 11.3 Å². The van der Waals surface area contributed by atoms with Crippen LogP contribution in [0, 0.1) is 5.82 Å². The molecule has 1 saturated heterocycles. The Morgan fingerprint density at radius 2 is 1.36 bits per heavy atom. The lowest BCUT2D eigenvalue weighted by atomic mass is 9.96. The zero-order valence-corrected chi connectivity index (χ0v) is 18.2. The van der Waals surface area contributed by atoms with Crippen LogP contribution in [-0.4, -0.2) is 41.0 Å². The van der Waals surface area contributed by atoms with Gasteiger partial charge >= 0.3 is 0 Å². The Bertz CT molecular complexity index is 1210. The van der Waals surface area contributed by atoms with Crippen molar-refractivity contribution >= 4 is 5.95 Å². The molecule has 1 aliphatic heterocycles. The van der Waals surface area contributed by atoms with Gasteiger partial charge in [-0.05, 0) is 35.4 Å². The molecule has 0 aliphatic carbocycles. The first-order valence-corrected chi connectivity index (χ1v) is 11.1. The summed E-state index contributed by atoms with van der Waals surface area (Å²) in [6, 6.07) is 28.8. The lowest BCUT2D eigenvalue weighted by Crippen LogP contribution is -2.48. The van der Waals surface area contributed by atoms with Gasteiger partial charge in [-0.3, -0.25) is 14.7 Å². The lowest BCUT2D eigenvalue weighted by molar-refractivity contribution is 0.211. The van der Waals surface area contributed by atoms with E-state index in [4.69, 9.17) is 0 Å². The van der Waals surface area contributed by atoms with E-state index in [1.807, 2.05) is 12.1 Å². The Labute approximate surface area is 192 Å². The largest absolute Gasteiger partial charge is 0.340 e. The molecule has 0 atom stereocenters. The van der Waals surface area contributed by atoms with Gasteiger partial charge in [0, 0.05) is 37.8 Å². The number of halogens is 1. The van der Waals surface area contributed by atoms with Crippen molar-refractivity contribution in [2.24, 2.45) is 0 Å². The zero-order chi connectivity index (χ0) is 22.6. The number of nitrogens with one attached hydrogen (secondary N) is 1. The van der Waals surface area contributed by atoms with Crippen LogP contribution in [0.1, 0.15) is 17.2 Å². The second-order valence-corrected chi connectivity index (χ2v) is 8.21. The third-order valence-electron chi connectivity index (χ3n) is 6.08. The van der Waals surface area contributed by atoms with E-state index in [0.717, 1.165) is 31.7 Å². The minimum absolute atomic E-state index is 0.173. The number of anilines is 1. The highest BCUT2D eigenvalue weighted by atomic mass is 19.1. The molecule has 0 bridgehead atoms. The molecule has 1 aromatic heterocycles. The lowest BCUT2D eigenvalue weighted by Gasteiger charge is -2.40. The molecule has 0 amide bonds. The van der Waals surface area contributed by atoms with Crippen molar-refractivity contribution < 1.29 is 4.39 Å². The molecule has 6 heteroatoms. The van der Waals surface area contributed by atoms with Crippen LogP contribution in [0.25, 0.3) is 11.3 Å². The average molecular weight is 441 g/mol. The summed E-state index contributed by atoms with van der Waals surface area (Å²) in [6.45, 7) is 3.15. The highest BCUT2D eigenvalue weighted by Crippen LogP contribution is 2.30. The molecule has 5 nitrogen and oxygen atoms in total. The van der Waals surface area contributed by atoms with E-state index in [0.29, 0.717) is 11.6 Å². The van der Waals surface area contributed by atoms with Gasteiger partial charge in [0.25, 0.3) is 5.56 Å². The van der Waals surface area contributed by atoms with Gasteiger partial charge in [-0.25, -0.2) is 9.37 Å². The summed E-state index contributed by atoms with van der Waals surface area (Å²) in [5, 5.41) is 0. The van der Waals surface area contributed by atoms with Gasteiger partial charge in [-0.2, -0.15) is 0 Å². The predicted molar refractivity (Wildman–Crippen MR) is 129 cm³/mol. The molecule has 1 fully saturated rings. The number of nitrogens with zero attached hydrogens (tertiary/aromatic N) is 3. The molecule has 2 heterocycles. The number of piperazine rings is 1. The third-order valence-corrected chi connectivity index (χ3v) is 6.08. The van der Waals surface area contributed by atoms with Crippen molar-refractivity contribution in [2.45, 2.75) is 6.04 Å². The van der Waals surface area contributed by atoms with E-state index in [2.05, 4.69) is 68.3 Å². The van der Waals surface area contributed by atoms with Crippen molar-refractivity contribution in [3.05, 3.63) is 118 Å². The zero-order valence-electron chi connectivity index (χ0n) is 18.2. The van der Waals surface area contributed by atoms with E-state index >= 15 is 0 Å². The molecule has 0 spiro atoms. The van der Waals surface area contributed by atoms with Crippen LogP contribution in [0.3, 0.4) is 0 Å². The van der Waals surface area contributed by atoms with Crippen LogP contribution in [0.4, 0.5) is 10.3 Å². The summed E-state index contributed by atoms with van der Waals surface area (Å²) in [4.78, 5) is 24.5. The van der Waals surface area contributed by atoms with Crippen molar-refractivity contribution in [2.75, 3.05) is 31.1 Å². The Balaban J connectivity index is 1.37. The van der Waals surface area contributed by atoms with E-state index in [1.165, 1.54) is 29.3 Å². The molecule has 1 N–H and O–H groups in total. The summed E-state index contributed by atoms with van der Waals surface area (Å²) in [6.07, 6.45) is 0. The van der Waals surface area contributed by atoms with Crippen LogP contribution >= 0.6 is 0 Å². The minimum Gasteiger partial charge on any atom is -0.340 e. The predicted octanol–water partition coefficient (Wildman–Crippen LogP) is 4.49. The fraction of sp³-hybridized carbons (Fsp3) is 0.185. The highest BCUT2D eigenvalue weighted by molar-refractivity contribution is 5.60. The van der Waals surface area contributed by atoms with Crippen molar-refractivity contribution in [1.29, 1.82) is 0 Å². The molecule has 3 aromatic carbocycles. The molecule has 0 unspecified atom stereocenters. The van der Waals surface area contributed by atoms with E-state index in [9.17, 15) is 9.18 Å². The highest BCUT2D eigenvalue weighted by Gasteiger charge is 2.27. The van der Waals surface area contributed by atoms with Gasteiger partial charge in [0.1, 0.15) is 5.82 Å². The molecule has 33 heavy (non-hydrogen) atoms. The topological polar surface area (TPSA) is 52.2 Å². The Morgan fingerprint density at radius 3 is 1.94 bits per heavy atom. The summed E-state index contributed by atoms with van der Waals surface area (Å²) in [5.41, 5.74) is 3.58. The van der Waals surface area contributed by atoms with Crippen molar-refractivity contribution in [3.63, 3.8) is 0 Å². The van der Waals surface area contributed by atoms with Gasteiger partial charge < -0.3 is 4.90 Å². The number of hydrogen-bond donors (Lipinski definition) is 1. The fourth-order valence-corrected chi connectivity index (χ4v) is 4.44. The third kappa shape index (κ3) is 4.71. The van der Waals surface area contributed by atoms with Crippen LogP contribution in [-0.2, 0) is 0 Å². The smallest absolute Gasteiger partial charge is 0.252 e. The van der Waals surface area contributed by atoms with Gasteiger partial charge in [0.05, 0.1) is 11.7 Å². The second-order valence-electron chi connectivity index (χ2n) is 8.21. The van der Waals surface area contributed by atoms with Crippen LogP contribution in [0.5, 0.6) is 0 Å². The van der Waals surface area contributed by atoms with E-state index < -0.39 is 0 Å². The maximum Gasteiger partial charge on any atom is 0.252 e. The summed E-state index contributed by atoms with van der Waals surface area (Å²) < 4.78 is 13.3. The van der Waals surface area contributed by atoms with Crippen LogP contribution in [0.2, 0.25) is 0 Å². The van der Waals surface area contributed by atoms with E-state index in [-0.39, 0.29) is 17.4 Å². The van der Waals surface area contributed by atoms with Gasteiger partial charge in [-0.1, -0.05) is 60.7 Å². The number of H-pyrrole nitrogens is 1. The van der Waals surface area contributed by atoms with Crippen molar-refractivity contribution in [1.82, 2.24) is 14.9 Å². The average Bonchev–Trinajstić information content (AvgIpc) is 2.86. The number of rotatable bonds is 5. The van der Waals surface area contributed by atoms with Crippen LogP contribution < -0.4 is 10.5 Å². The second kappa shape index (κ2) is 9.38.